The largest absolute Gasteiger partial charge is 0.464 e. The summed E-state index contributed by atoms with van der Waals surface area (Å²) in [4.78, 5) is 23.9. The van der Waals surface area contributed by atoms with Gasteiger partial charge in [-0.25, -0.2) is 4.79 Å². The number of furan rings is 1. The average Bonchev–Trinajstić information content (AvgIpc) is 3.07. The number of amides is 1. The van der Waals surface area contributed by atoms with Crippen LogP contribution in [0.25, 0.3) is 11.3 Å². The maximum atomic E-state index is 12.2. The van der Waals surface area contributed by atoms with Gasteiger partial charge in [0.2, 0.25) is 5.91 Å². The molecule has 2 aromatic rings. The van der Waals surface area contributed by atoms with E-state index in [1.54, 1.807) is 24.4 Å². The van der Waals surface area contributed by atoms with E-state index in [1.807, 2.05) is 6.26 Å². The number of rotatable bonds is 6. The van der Waals surface area contributed by atoms with Gasteiger partial charge in [-0.05, 0) is 25.3 Å². The van der Waals surface area contributed by atoms with Crippen molar-refractivity contribution in [3.63, 3.8) is 0 Å². The average molecular weight is 325 g/mol. The molecule has 0 spiro atoms. The third kappa shape index (κ3) is 3.68. The van der Waals surface area contributed by atoms with E-state index >= 15 is 0 Å². The van der Waals surface area contributed by atoms with Crippen LogP contribution in [-0.4, -0.2) is 30.5 Å². The molecule has 0 aliphatic heterocycles. The van der Waals surface area contributed by atoms with Gasteiger partial charge in [-0.3, -0.25) is 4.79 Å². The Balaban J connectivity index is 2.36. The summed E-state index contributed by atoms with van der Waals surface area (Å²) in [6.45, 7) is 2.01. The molecule has 21 heavy (non-hydrogen) atoms. The van der Waals surface area contributed by atoms with Crippen LogP contribution in [0.2, 0.25) is 0 Å². The van der Waals surface area contributed by atoms with Crippen LogP contribution in [0.1, 0.15) is 17.3 Å². The van der Waals surface area contributed by atoms with E-state index in [0.29, 0.717) is 27.6 Å². The molecule has 0 fully saturated rings. The van der Waals surface area contributed by atoms with Crippen LogP contribution in [0.3, 0.4) is 0 Å². The first-order valence-corrected chi connectivity index (χ1v) is 8.56. The summed E-state index contributed by atoms with van der Waals surface area (Å²) >= 11 is 2.70. The Labute approximate surface area is 130 Å². The normalized spacial score (nSPS) is 10.4. The van der Waals surface area contributed by atoms with E-state index in [-0.39, 0.29) is 12.5 Å². The quantitative estimate of drug-likeness (QED) is 0.823. The molecule has 2 heterocycles. The Morgan fingerprint density at radius 3 is 2.90 bits per heavy atom. The second-order valence-electron chi connectivity index (χ2n) is 4.03. The standard InChI is InChI=1S/C14H15NO4S2/c1-3-18-14(17)12-9(10-5-4-6-19-10)7-21-13(12)15-11(16)8-20-2/h4-7H,3,8H2,1-2H3,(H,15,16). The molecule has 0 bridgehead atoms. The molecule has 0 unspecified atom stereocenters. The zero-order valence-corrected chi connectivity index (χ0v) is 13.3. The Morgan fingerprint density at radius 2 is 2.29 bits per heavy atom. The van der Waals surface area contributed by atoms with Crippen LogP contribution in [0.4, 0.5) is 5.00 Å². The highest BCUT2D eigenvalue weighted by atomic mass is 32.2. The second kappa shape index (κ2) is 7.33. The van der Waals surface area contributed by atoms with Crippen molar-refractivity contribution in [2.24, 2.45) is 0 Å². The summed E-state index contributed by atoms with van der Waals surface area (Å²) in [7, 11) is 0. The van der Waals surface area contributed by atoms with Gasteiger partial charge in [0.15, 0.2) is 0 Å². The van der Waals surface area contributed by atoms with Crippen LogP contribution < -0.4 is 5.32 Å². The number of ether oxygens (including phenoxy) is 1. The molecule has 1 N–H and O–H groups in total. The smallest absolute Gasteiger partial charge is 0.341 e. The van der Waals surface area contributed by atoms with Crippen molar-refractivity contribution in [2.45, 2.75) is 6.92 Å². The van der Waals surface area contributed by atoms with Crippen LogP contribution in [-0.2, 0) is 9.53 Å². The number of carbonyl (C=O) groups excluding carboxylic acids is 2. The van der Waals surface area contributed by atoms with Crippen LogP contribution in [0.5, 0.6) is 0 Å². The second-order valence-corrected chi connectivity index (χ2v) is 5.78. The van der Waals surface area contributed by atoms with Crippen molar-refractivity contribution < 1.29 is 18.7 Å². The van der Waals surface area contributed by atoms with Crippen molar-refractivity contribution in [1.29, 1.82) is 0 Å². The predicted molar refractivity (Wildman–Crippen MR) is 85.0 cm³/mol. The van der Waals surface area contributed by atoms with Gasteiger partial charge >= 0.3 is 5.97 Å². The monoisotopic (exact) mass is 325 g/mol. The number of thiophene rings is 1. The Hall–Kier alpha value is -1.73. The van der Waals surface area contributed by atoms with E-state index in [9.17, 15) is 9.59 Å². The van der Waals surface area contributed by atoms with E-state index in [4.69, 9.17) is 9.15 Å². The minimum atomic E-state index is -0.468. The topological polar surface area (TPSA) is 68.5 Å². The Bertz CT molecular complexity index is 619. The fourth-order valence-electron chi connectivity index (χ4n) is 1.76. The molecular weight excluding hydrogens is 310 g/mol. The van der Waals surface area contributed by atoms with Crippen molar-refractivity contribution >= 4 is 40.0 Å². The summed E-state index contributed by atoms with van der Waals surface area (Å²) < 4.78 is 10.4. The van der Waals surface area contributed by atoms with Crippen molar-refractivity contribution in [3.05, 3.63) is 29.3 Å². The molecule has 2 rings (SSSR count). The lowest BCUT2D eigenvalue weighted by atomic mass is 10.1. The van der Waals surface area contributed by atoms with E-state index in [2.05, 4.69) is 5.32 Å². The fraction of sp³-hybridized carbons (Fsp3) is 0.286. The number of nitrogens with one attached hydrogen (secondary N) is 1. The molecule has 2 aromatic heterocycles. The first kappa shape index (κ1) is 15.7. The maximum absolute atomic E-state index is 12.2. The lowest BCUT2D eigenvalue weighted by Crippen LogP contribution is -2.16. The first-order chi connectivity index (χ1) is 10.2. The summed E-state index contributed by atoms with van der Waals surface area (Å²) in [5.74, 6) is 0.279. The van der Waals surface area contributed by atoms with Crippen molar-refractivity contribution in [2.75, 3.05) is 23.9 Å². The molecule has 0 aliphatic rings. The Morgan fingerprint density at radius 1 is 1.48 bits per heavy atom. The predicted octanol–water partition coefficient (Wildman–Crippen LogP) is 3.49. The zero-order chi connectivity index (χ0) is 15.2. The van der Waals surface area contributed by atoms with Gasteiger partial charge in [-0.2, -0.15) is 11.8 Å². The zero-order valence-electron chi connectivity index (χ0n) is 11.7. The highest BCUT2D eigenvalue weighted by Gasteiger charge is 2.23. The van der Waals surface area contributed by atoms with Gasteiger partial charge in [0, 0.05) is 10.9 Å². The van der Waals surface area contributed by atoms with E-state index < -0.39 is 5.97 Å². The molecule has 0 radical (unpaired) electrons. The van der Waals surface area contributed by atoms with Gasteiger partial charge in [-0.1, -0.05) is 0 Å². The highest BCUT2D eigenvalue weighted by molar-refractivity contribution is 7.99. The van der Waals surface area contributed by atoms with Gasteiger partial charge < -0.3 is 14.5 Å². The molecular formula is C14H15NO4S2. The van der Waals surface area contributed by atoms with E-state index in [0.717, 1.165) is 0 Å². The third-order valence-corrected chi connectivity index (χ3v) is 4.03. The number of carbonyl (C=O) groups is 2. The minimum absolute atomic E-state index is 0.152. The van der Waals surface area contributed by atoms with Crippen LogP contribution >= 0.6 is 23.1 Å². The molecule has 5 nitrogen and oxygen atoms in total. The van der Waals surface area contributed by atoms with Crippen molar-refractivity contribution in [1.82, 2.24) is 0 Å². The molecule has 1 amide bonds. The lowest BCUT2D eigenvalue weighted by Gasteiger charge is -2.07. The van der Waals surface area contributed by atoms with Gasteiger partial charge in [0.1, 0.15) is 16.3 Å². The fourth-order valence-corrected chi connectivity index (χ4v) is 3.05. The first-order valence-electron chi connectivity index (χ1n) is 6.28. The number of hydrogen-bond acceptors (Lipinski definition) is 6. The molecule has 0 aromatic carbocycles. The summed E-state index contributed by atoms with van der Waals surface area (Å²) in [5.41, 5.74) is 0.967. The van der Waals surface area contributed by atoms with Crippen LogP contribution in [0.15, 0.2) is 28.2 Å². The summed E-state index contributed by atoms with van der Waals surface area (Å²) in [5, 5.41) is 5.01. The van der Waals surface area contributed by atoms with Crippen LogP contribution in [0, 0.1) is 0 Å². The molecule has 0 saturated carbocycles. The molecule has 112 valence electrons. The number of anilines is 1. The number of thioether (sulfide) groups is 1. The number of hydrogen-bond donors (Lipinski definition) is 1. The third-order valence-electron chi connectivity index (χ3n) is 2.59. The summed E-state index contributed by atoms with van der Waals surface area (Å²) in [6.07, 6.45) is 3.38. The van der Waals surface area contributed by atoms with Crippen molar-refractivity contribution in [3.8, 4) is 11.3 Å². The molecule has 0 aliphatic carbocycles. The lowest BCUT2D eigenvalue weighted by molar-refractivity contribution is -0.113. The molecule has 0 saturated heterocycles. The SMILES string of the molecule is CCOC(=O)c1c(-c2ccco2)csc1NC(=O)CSC. The summed E-state index contributed by atoms with van der Waals surface area (Å²) in [6, 6.07) is 3.51. The molecule has 7 heteroatoms. The number of esters is 1. The van der Waals surface area contributed by atoms with Gasteiger partial charge in [0.25, 0.3) is 0 Å². The minimum Gasteiger partial charge on any atom is -0.464 e. The highest BCUT2D eigenvalue weighted by Crippen LogP contribution is 2.36. The van der Waals surface area contributed by atoms with Gasteiger partial charge in [0.05, 0.1) is 18.6 Å². The Kier molecular flexibility index (Phi) is 5.46. The van der Waals surface area contributed by atoms with E-state index in [1.165, 1.54) is 29.4 Å². The maximum Gasteiger partial charge on any atom is 0.341 e. The molecule has 0 atom stereocenters. The van der Waals surface area contributed by atoms with Gasteiger partial charge in [-0.15, -0.1) is 11.3 Å².